The van der Waals surface area contributed by atoms with Crippen LogP contribution in [0.5, 0.6) is 0 Å². The highest BCUT2D eigenvalue weighted by Crippen LogP contribution is 2.12. The van der Waals surface area contributed by atoms with Crippen molar-refractivity contribution in [1.29, 1.82) is 0 Å². The Balaban J connectivity index is -0.000000128. The molecule has 0 aliphatic carbocycles. The quantitative estimate of drug-likeness (QED) is 0.266. The van der Waals surface area contributed by atoms with E-state index < -0.39 is 104 Å². The largest absolute Gasteiger partial charge is 0.651 e. The summed E-state index contributed by atoms with van der Waals surface area (Å²) in [5.74, 6) is 0. The molecular formula is C2H24Al3O20Si6. The van der Waals surface area contributed by atoms with Crippen molar-refractivity contribution in [2.75, 3.05) is 0 Å². The van der Waals surface area contributed by atoms with Gasteiger partial charge < -0.3 is 90.7 Å². The molecule has 0 saturated carbocycles. The molecule has 0 atom stereocenters. The summed E-state index contributed by atoms with van der Waals surface area (Å²) in [6, 6.07) is 0. The van der Waals surface area contributed by atoms with Crippen LogP contribution in [0, 0.1) is 0 Å². The van der Waals surface area contributed by atoms with Gasteiger partial charge in [0.05, 0.1) is 0 Å². The predicted octanol–water partition coefficient (Wildman–Crippen LogP) is -10.4. The van der Waals surface area contributed by atoms with Crippen LogP contribution in [0.4, 0.5) is 0 Å². The van der Waals surface area contributed by atoms with Gasteiger partial charge in [-0.3, -0.25) is 0 Å². The van der Waals surface area contributed by atoms with E-state index in [2.05, 4.69) is 0 Å². The first-order valence-electron chi connectivity index (χ1n) is 5.68. The van der Waals surface area contributed by atoms with Crippen molar-refractivity contribution in [2.45, 2.75) is 13.1 Å². The van der Waals surface area contributed by atoms with Gasteiger partial charge in [0.15, 0.2) is 0 Å². The fourth-order valence-electron chi connectivity index (χ4n) is 1.13. The van der Waals surface area contributed by atoms with Gasteiger partial charge in [-0.1, -0.05) is 0 Å². The normalized spacial score (nSPS) is 19.9. The molecule has 3 saturated heterocycles. The fraction of sp³-hybridized carbons (Fsp3) is 1.00. The first-order chi connectivity index (χ1) is 10.7. The van der Waals surface area contributed by atoms with E-state index >= 15 is 0 Å². The van der Waals surface area contributed by atoms with Crippen molar-refractivity contribution in [3.05, 3.63) is 0 Å². The van der Waals surface area contributed by atoms with Crippen LogP contribution in [0.15, 0.2) is 0 Å². The van der Waals surface area contributed by atoms with Gasteiger partial charge in [-0.2, -0.15) is 0 Å². The molecule has 0 amide bonds. The van der Waals surface area contributed by atoms with Crippen LogP contribution in [-0.2, 0) is 41.4 Å². The molecule has 3 aliphatic heterocycles. The lowest BCUT2D eigenvalue weighted by Crippen LogP contribution is -2.55. The van der Waals surface area contributed by atoms with Crippen LogP contribution in [0.2, 0.25) is 13.1 Å². The van der Waals surface area contributed by atoms with E-state index in [1.807, 2.05) is 13.1 Å². The molecule has 18 N–H and O–H groups in total. The van der Waals surface area contributed by atoms with Crippen molar-refractivity contribution in [3.63, 3.8) is 0 Å². The Morgan fingerprint density at radius 1 is 0.419 bits per heavy atom. The van der Waals surface area contributed by atoms with Gasteiger partial charge >= 0.3 is 104 Å². The zero-order chi connectivity index (χ0) is 15.4. The third-order valence-corrected chi connectivity index (χ3v) is 17.6. The van der Waals surface area contributed by atoms with Crippen molar-refractivity contribution in [3.8, 4) is 0 Å². The standard InChI is InChI=1S/C2H6O11Si6.3Al.9H2O/c1-14(3)9-16(5)11-18(7)13-19(8)12-17(6)10-15(2)4;;;;;;;;;;;;/h1-2H3;;;;9*1H2/q-6;3*+2;;;;;;;;;. The highest BCUT2D eigenvalue weighted by Gasteiger charge is 2.44. The van der Waals surface area contributed by atoms with E-state index in [9.17, 15) is 0 Å². The second kappa shape index (κ2) is 26.7. The Kier molecular flexibility index (Phi) is 43.1. The lowest BCUT2D eigenvalue weighted by molar-refractivity contribution is 0.141. The second-order valence-electron chi connectivity index (χ2n) is 3.49. The van der Waals surface area contributed by atoms with Gasteiger partial charge in [-0.25, -0.2) is 0 Å². The maximum atomic E-state index is 5.63. The third kappa shape index (κ3) is 18.1. The molecular weight excluding hydrogens is 593 g/mol. The summed E-state index contributed by atoms with van der Waals surface area (Å²) >= 11 is -1.80. The van der Waals surface area contributed by atoms with Crippen LogP contribution >= 0.6 is 0 Å². The molecule has 0 aromatic rings. The van der Waals surface area contributed by atoms with Gasteiger partial charge in [0.2, 0.25) is 0 Å². The lowest BCUT2D eigenvalue weighted by Gasteiger charge is -2.31. The van der Waals surface area contributed by atoms with Gasteiger partial charge in [-0.15, -0.1) is 0 Å². The Morgan fingerprint density at radius 3 is 0.968 bits per heavy atom. The first-order valence-corrected chi connectivity index (χ1v) is 17.0. The minimum absolute atomic E-state index is 0. The minimum atomic E-state index is -1.99. The molecule has 20 nitrogen and oxygen atoms in total. The zero-order valence-corrected chi connectivity index (χ0v) is 25.2. The number of hydrogen-bond acceptors (Lipinski definition) is 11. The molecule has 0 spiro atoms. The molecule has 185 valence electrons. The summed E-state index contributed by atoms with van der Waals surface area (Å²) in [4.78, 5) is 0. The van der Waals surface area contributed by atoms with E-state index in [-0.39, 0.29) is 49.3 Å². The highest BCUT2D eigenvalue weighted by atomic mass is 28.5. The topological polar surface area (TPSA) is 385 Å². The summed E-state index contributed by atoms with van der Waals surface area (Å²) in [5, 5.41) is 0. The smallest absolute Gasteiger partial charge is 0.508 e. The SMILES string of the molecule is C[Si]1[O][Al][O][Si](O[Si]2[O][Al][O][Si](O[Si]3[O][Al][O][Si](C)O3)O2)O1.O.O.O.O.O.O.O.O.O. The molecule has 0 bridgehead atoms. The maximum absolute atomic E-state index is 5.63. The van der Waals surface area contributed by atoms with Crippen LogP contribution in [-0.4, -0.2) is 154 Å². The van der Waals surface area contributed by atoms with Gasteiger partial charge in [0, 0.05) is 0 Å². The molecule has 0 aromatic carbocycles. The highest BCUT2D eigenvalue weighted by molar-refractivity contribution is 6.73. The first kappa shape index (κ1) is 50.1. The average molecular weight is 618 g/mol. The fourth-order valence-corrected chi connectivity index (χ4v) is 17.3. The van der Waals surface area contributed by atoms with Crippen LogP contribution < -0.4 is 0 Å². The van der Waals surface area contributed by atoms with Crippen molar-refractivity contribution in [1.82, 2.24) is 0 Å². The van der Waals surface area contributed by atoms with E-state index in [4.69, 9.17) is 41.4 Å². The maximum Gasteiger partial charge on any atom is 0.651 e. The Labute approximate surface area is 207 Å². The zero-order valence-electron chi connectivity index (χ0n) is 15.7. The van der Waals surface area contributed by atoms with E-state index in [0.29, 0.717) is 0 Å². The Bertz CT molecular complexity index is 335. The molecule has 29 heteroatoms. The summed E-state index contributed by atoms with van der Waals surface area (Å²) in [6.07, 6.45) is 0. The van der Waals surface area contributed by atoms with E-state index in [1.54, 1.807) is 0 Å². The van der Waals surface area contributed by atoms with E-state index in [1.165, 1.54) is 0 Å². The summed E-state index contributed by atoms with van der Waals surface area (Å²) in [5.41, 5.74) is 0. The predicted molar refractivity (Wildman–Crippen MR) is 108 cm³/mol. The van der Waals surface area contributed by atoms with Crippen molar-refractivity contribution in [2.24, 2.45) is 0 Å². The molecule has 0 unspecified atom stereocenters. The van der Waals surface area contributed by atoms with Crippen molar-refractivity contribution < 1.29 is 90.7 Å². The number of rotatable bonds is 4. The monoisotopic (exact) mass is 617 g/mol. The number of hydrogen-bond donors (Lipinski definition) is 0. The van der Waals surface area contributed by atoms with E-state index in [0.717, 1.165) is 0 Å². The summed E-state index contributed by atoms with van der Waals surface area (Å²) in [6.45, 7) is 3.77. The molecule has 3 rings (SSSR count). The molecule has 3 fully saturated rings. The summed E-state index contributed by atoms with van der Waals surface area (Å²) in [7, 11) is -10.3. The lowest BCUT2D eigenvalue weighted by atomic mass is 11.9. The van der Waals surface area contributed by atoms with Crippen LogP contribution in [0.25, 0.3) is 0 Å². The second-order valence-corrected chi connectivity index (χ2v) is 17.8. The van der Waals surface area contributed by atoms with Crippen LogP contribution in [0.3, 0.4) is 0 Å². The van der Waals surface area contributed by atoms with Crippen LogP contribution in [0.1, 0.15) is 0 Å². The third-order valence-electron chi connectivity index (χ3n) is 1.96. The van der Waals surface area contributed by atoms with Gasteiger partial charge in [-0.05, 0) is 13.1 Å². The molecule has 3 aliphatic rings. The average Bonchev–Trinajstić information content (AvgIpc) is 2.47. The van der Waals surface area contributed by atoms with Crippen molar-refractivity contribution >= 4 is 104 Å². The van der Waals surface area contributed by atoms with Gasteiger partial charge in [0.1, 0.15) is 0 Å². The Morgan fingerprint density at radius 2 is 0.677 bits per heavy atom. The Hall–Kier alpha value is 2.10. The molecule has 9 radical (unpaired) electrons. The molecule has 3 heterocycles. The summed E-state index contributed by atoms with van der Waals surface area (Å²) < 4.78 is 59.8. The molecule has 31 heavy (non-hydrogen) atoms. The molecule has 0 aromatic heterocycles. The minimum Gasteiger partial charge on any atom is -0.508 e. The van der Waals surface area contributed by atoms with Gasteiger partial charge in [0.25, 0.3) is 0 Å².